The van der Waals surface area contributed by atoms with Gasteiger partial charge in [-0.2, -0.15) is 0 Å². The lowest BCUT2D eigenvalue weighted by molar-refractivity contribution is 0.628. The number of aryl methyl sites for hydroxylation is 1. The summed E-state index contributed by atoms with van der Waals surface area (Å²) >= 11 is 6.00. The van der Waals surface area contributed by atoms with Crippen LogP contribution in [0, 0.1) is 5.82 Å². The van der Waals surface area contributed by atoms with Gasteiger partial charge in [-0.05, 0) is 24.6 Å². The molecule has 0 saturated heterocycles. The molecule has 2 rings (SSSR count). The van der Waals surface area contributed by atoms with Gasteiger partial charge in [0.25, 0.3) is 0 Å². The first-order valence-electron chi connectivity index (χ1n) is 5.69. The van der Waals surface area contributed by atoms with Crippen LogP contribution in [-0.4, -0.2) is 9.97 Å². The molecule has 3 nitrogen and oxygen atoms in total. The van der Waals surface area contributed by atoms with Crippen LogP contribution in [0.15, 0.2) is 24.3 Å². The molecule has 0 spiro atoms. The van der Waals surface area contributed by atoms with E-state index in [0.29, 0.717) is 27.9 Å². The van der Waals surface area contributed by atoms with Crippen molar-refractivity contribution in [2.75, 3.05) is 5.73 Å². The fourth-order valence-corrected chi connectivity index (χ4v) is 1.95. The minimum atomic E-state index is -0.375. The zero-order valence-electron chi connectivity index (χ0n) is 9.95. The normalized spacial score (nSPS) is 10.6. The second-order valence-electron chi connectivity index (χ2n) is 3.97. The molecule has 1 aromatic heterocycles. The second kappa shape index (κ2) is 5.31. The van der Waals surface area contributed by atoms with E-state index in [1.54, 1.807) is 12.1 Å². The van der Waals surface area contributed by atoms with Crippen molar-refractivity contribution in [1.82, 2.24) is 9.97 Å². The van der Waals surface area contributed by atoms with Gasteiger partial charge in [0.2, 0.25) is 0 Å². The first kappa shape index (κ1) is 12.8. The summed E-state index contributed by atoms with van der Waals surface area (Å²) in [6.45, 7) is 2.04. The Labute approximate surface area is 110 Å². The van der Waals surface area contributed by atoms with E-state index in [0.717, 1.165) is 12.8 Å². The molecule has 0 bridgehead atoms. The summed E-state index contributed by atoms with van der Waals surface area (Å²) in [7, 11) is 0. The maximum Gasteiger partial charge on any atom is 0.131 e. The van der Waals surface area contributed by atoms with Crippen LogP contribution in [-0.2, 0) is 6.42 Å². The summed E-state index contributed by atoms with van der Waals surface area (Å²) in [5, 5.41) is 0.315. The lowest BCUT2D eigenvalue weighted by atomic mass is 10.1. The third-order valence-corrected chi connectivity index (χ3v) is 2.79. The van der Waals surface area contributed by atoms with Crippen molar-refractivity contribution >= 4 is 17.4 Å². The highest BCUT2D eigenvalue weighted by atomic mass is 35.5. The van der Waals surface area contributed by atoms with Gasteiger partial charge >= 0.3 is 0 Å². The number of benzene rings is 1. The van der Waals surface area contributed by atoms with Gasteiger partial charge in [-0.15, -0.1) is 0 Å². The predicted molar refractivity (Wildman–Crippen MR) is 70.8 cm³/mol. The van der Waals surface area contributed by atoms with Gasteiger partial charge in [0.15, 0.2) is 0 Å². The number of hydrogen-bond donors (Lipinski definition) is 1. The summed E-state index contributed by atoms with van der Waals surface area (Å²) in [5.41, 5.74) is 7.02. The number of nitrogens with two attached hydrogens (primary N) is 1. The lowest BCUT2D eigenvalue weighted by Gasteiger charge is -2.07. The fourth-order valence-electron chi connectivity index (χ4n) is 1.69. The van der Waals surface area contributed by atoms with Crippen LogP contribution >= 0.6 is 11.6 Å². The Morgan fingerprint density at radius 2 is 2.06 bits per heavy atom. The van der Waals surface area contributed by atoms with Crippen LogP contribution in [0.3, 0.4) is 0 Å². The number of anilines is 1. The Bertz CT molecular complexity index is 572. The molecule has 0 radical (unpaired) electrons. The second-order valence-corrected chi connectivity index (χ2v) is 4.38. The van der Waals surface area contributed by atoms with Gasteiger partial charge in [0.05, 0.1) is 10.7 Å². The molecule has 18 heavy (non-hydrogen) atoms. The molecule has 0 unspecified atom stereocenters. The van der Waals surface area contributed by atoms with Gasteiger partial charge in [0.1, 0.15) is 17.5 Å². The van der Waals surface area contributed by atoms with Crippen LogP contribution in [0.4, 0.5) is 10.2 Å². The van der Waals surface area contributed by atoms with Crippen LogP contribution in [0.2, 0.25) is 5.02 Å². The largest absolute Gasteiger partial charge is 0.384 e. The van der Waals surface area contributed by atoms with Crippen molar-refractivity contribution in [2.45, 2.75) is 19.8 Å². The smallest absolute Gasteiger partial charge is 0.131 e. The zero-order chi connectivity index (χ0) is 13.1. The van der Waals surface area contributed by atoms with Crippen molar-refractivity contribution in [2.24, 2.45) is 0 Å². The van der Waals surface area contributed by atoms with Gasteiger partial charge in [0, 0.05) is 18.1 Å². The van der Waals surface area contributed by atoms with Crippen molar-refractivity contribution in [3.63, 3.8) is 0 Å². The summed E-state index contributed by atoms with van der Waals surface area (Å²) in [4.78, 5) is 8.53. The Morgan fingerprint density at radius 3 is 2.72 bits per heavy atom. The van der Waals surface area contributed by atoms with Crippen LogP contribution in [0.5, 0.6) is 0 Å². The average molecular weight is 266 g/mol. The van der Waals surface area contributed by atoms with E-state index in [2.05, 4.69) is 9.97 Å². The van der Waals surface area contributed by atoms with E-state index in [1.165, 1.54) is 12.1 Å². The standard InChI is InChI=1S/C13H13ClFN3/c1-2-3-13-17-11(7-12(16)18-13)9-5-4-8(15)6-10(9)14/h4-7H,2-3H2,1H3,(H2,16,17,18). The van der Waals surface area contributed by atoms with E-state index in [1.807, 2.05) is 6.92 Å². The lowest BCUT2D eigenvalue weighted by Crippen LogP contribution is -2.01. The quantitative estimate of drug-likeness (QED) is 0.924. The molecular weight excluding hydrogens is 253 g/mol. The molecule has 0 aliphatic rings. The SMILES string of the molecule is CCCc1nc(N)cc(-c2ccc(F)cc2Cl)n1. The highest BCUT2D eigenvalue weighted by molar-refractivity contribution is 6.33. The highest BCUT2D eigenvalue weighted by Crippen LogP contribution is 2.28. The van der Waals surface area contributed by atoms with E-state index in [9.17, 15) is 4.39 Å². The third kappa shape index (κ3) is 2.76. The van der Waals surface area contributed by atoms with Crippen molar-refractivity contribution in [3.8, 4) is 11.3 Å². The predicted octanol–water partition coefficient (Wildman–Crippen LogP) is 3.47. The minimum absolute atomic E-state index is 0.315. The number of nitrogen functional groups attached to an aromatic ring is 1. The minimum Gasteiger partial charge on any atom is -0.384 e. The van der Waals surface area contributed by atoms with E-state index < -0.39 is 0 Å². The zero-order valence-corrected chi connectivity index (χ0v) is 10.7. The number of rotatable bonds is 3. The summed E-state index contributed by atoms with van der Waals surface area (Å²) < 4.78 is 13.0. The molecule has 1 aromatic carbocycles. The van der Waals surface area contributed by atoms with Gasteiger partial charge in [-0.3, -0.25) is 0 Å². The summed E-state index contributed by atoms with van der Waals surface area (Å²) in [6.07, 6.45) is 1.68. The number of aromatic nitrogens is 2. The molecular formula is C13H13ClFN3. The molecule has 0 aliphatic carbocycles. The Balaban J connectivity index is 2.49. The van der Waals surface area contributed by atoms with E-state index >= 15 is 0 Å². The van der Waals surface area contributed by atoms with Crippen LogP contribution < -0.4 is 5.73 Å². The van der Waals surface area contributed by atoms with Crippen molar-refractivity contribution in [3.05, 3.63) is 40.9 Å². The Morgan fingerprint density at radius 1 is 1.28 bits per heavy atom. The van der Waals surface area contributed by atoms with Crippen molar-refractivity contribution in [1.29, 1.82) is 0 Å². The first-order valence-corrected chi connectivity index (χ1v) is 6.07. The maximum absolute atomic E-state index is 13.0. The number of hydrogen-bond acceptors (Lipinski definition) is 3. The molecule has 1 heterocycles. The monoisotopic (exact) mass is 265 g/mol. The van der Waals surface area contributed by atoms with Crippen LogP contribution in [0.25, 0.3) is 11.3 Å². The van der Waals surface area contributed by atoms with Crippen molar-refractivity contribution < 1.29 is 4.39 Å². The van der Waals surface area contributed by atoms with Gasteiger partial charge < -0.3 is 5.73 Å². The first-order chi connectivity index (χ1) is 8.60. The molecule has 0 atom stereocenters. The summed E-state index contributed by atoms with van der Waals surface area (Å²) in [6, 6.07) is 5.83. The number of halogens is 2. The van der Waals surface area contributed by atoms with E-state index in [-0.39, 0.29) is 5.82 Å². The molecule has 0 fully saturated rings. The highest BCUT2D eigenvalue weighted by Gasteiger charge is 2.09. The third-order valence-electron chi connectivity index (χ3n) is 2.47. The Kier molecular flexibility index (Phi) is 3.77. The molecule has 0 amide bonds. The summed E-state index contributed by atoms with van der Waals surface area (Å²) in [5.74, 6) is 0.691. The molecule has 94 valence electrons. The molecule has 0 aliphatic heterocycles. The van der Waals surface area contributed by atoms with E-state index in [4.69, 9.17) is 17.3 Å². The molecule has 5 heteroatoms. The average Bonchev–Trinajstić information content (AvgIpc) is 2.28. The molecule has 0 saturated carbocycles. The fraction of sp³-hybridized carbons (Fsp3) is 0.231. The Hall–Kier alpha value is -1.68. The maximum atomic E-state index is 13.0. The molecule has 2 N–H and O–H groups in total. The van der Waals surface area contributed by atoms with Crippen LogP contribution in [0.1, 0.15) is 19.2 Å². The van der Waals surface area contributed by atoms with Gasteiger partial charge in [-0.1, -0.05) is 18.5 Å². The topological polar surface area (TPSA) is 51.8 Å². The number of nitrogens with zero attached hydrogens (tertiary/aromatic N) is 2. The van der Waals surface area contributed by atoms with Gasteiger partial charge in [-0.25, -0.2) is 14.4 Å². The molecule has 2 aromatic rings.